The number of halogens is 1. The van der Waals surface area contributed by atoms with Crippen LogP contribution in [-0.2, 0) is 0 Å². The summed E-state index contributed by atoms with van der Waals surface area (Å²) in [7, 11) is 0. The molecule has 0 saturated heterocycles. The number of aryl methyl sites for hydroxylation is 2. The first-order valence-electron chi connectivity index (χ1n) is 10.6. The second-order valence-corrected chi connectivity index (χ2v) is 9.65. The number of carbonyl (C=O) groups excluding carboxylic acids is 1. The Morgan fingerprint density at radius 1 is 1.06 bits per heavy atom. The van der Waals surface area contributed by atoms with E-state index in [9.17, 15) is 4.79 Å². The Bertz CT molecular complexity index is 1020. The molecule has 0 atom stereocenters. The first-order valence-corrected chi connectivity index (χ1v) is 12.4. The van der Waals surface area contributed by atoms with Gasteiger partial charge in [0, 0.05) is 18.0 Å². The highest BCUT2D eigenvalue weighted by Gasteiger charge is 2.24. The summed E-state index contributed by atoms with van der Waals surface area (Å²) in [6, 6.07) is 12.2. The van der Waals surface area contributed by atoms with Crippen molar-refractivity contribution in [1.82, 2.24) is 9.88 Å². The normalized spacial score (nSPS) is 11.0. The minimum absolute atomic E-state index is 0. The molecule has 3 aromatic rings. The lowest BCUT2D eigenvalue weighted by Gasteiger charge is -2.25. The van der Waals surface area contributed by atoms with E-state index in [4.69, 9.17) is 4.98 Å². The molecule has 0 saturated carbocycles. The Balaban J connectivity index is 0.00000341. The Kier molecular flexibility index (Phi) is 9.82. The van der Waals surface area contributed by atoms with Crippen molar-refractivity contribution >= 4 is 56.8 Å². The molecule has 31 heavy (non-hydrogen) atoms. The van der Waals surface area contributed by atoms with Gasteiger partial charge in [-0.1, -0.05) is 50.3 Å². The summed E-state index contributed by atoms with van der Waals surface area (Å²) < 4.78 is 1.14. The molecule has 4 nitrogen and oxygen atoms in total. The maximum atomic E-state index is 13.7. The summed E-state index contributed by atoms with van der Waals surface area (Å²) in [5, 5.41) is 0.784. The predicted octanol–water partition coefficient (Wildman–Crippen LogP) is 6.44. The minimum Gasteiger partial charge on any atom is -0.302 e. The molecule has 1 amide bonds. The van der Waals surface area contributed by atoms with Crippen LogP contribution in [0.15, 0.2) is 41.3 Å². The van der Waals surface area contributed by atoms with Crippen molar-refractivity contribution in [2.24, 2.45) is 0 Å². The third-order valence-corrected chi connectivity index (χ3v) is 7.23. The number of fused-ring (bicyclic) bond motifs is 1. The van der Waals surface area contributed by atoms with Gasteiger partial charge in [0.2, 0.25) is 0 Å². The van der Waals surface area contributed by atoms with Gasteiger partial charge >= 0.3 is 0 Å². The van der Waals surface area contributed by atoms with E-state index < -0.39 is 0 Å². The summed E-state index contributed by atoms with van der Waals surface area (Å²) in [6.45, 7) is 14.0. The van der Waals surface area contributed by atoms with Crippen molar-refractivity contribution in [3.8, 4) is 0 Å². The van der Waals surface area contributed by atoms with E-state index in [2.05, 4.69) is 51.7 Å². The number of amides is 1. The summed E-state index contributed by atoms with van der Waals surface area (Å²) in [4.78, 5) is 23.9. The molecule has 0 aliphatic heterocycles. The van der Waals surface area contributed by atoms with Crippen LogP contribution in [0.5, 0.6) is 0 Å². The topological polar surface area (TPSA) is 36.4 Å². The average Bonchev–Trinajstić information content (AvgIpc) is 3.15. The molecule has 2 aromatic carbocycles. The number of benzene rings is 2. The van der Waals surface area contributed by atoms with Crippen molar-refractivity contribution < 1.29 is 4.79 Å². The molecule has 1 heterocycles. The van der Waals surface area contributed by atoms with Crippen molar-refractivity contribution in [1.29, 1.82) is 0 Å². The first kappa shape index (κ1) is 25.7. The van der Waals surface area contributed by atoms with Crippen molar-refractivity contribution in [2.45, 2.75) is 39.5 Å². The molecule has 0 radical (unpaired) electrons. The van der Waals surface area contributed by atoms with Crippen LogP contribution in [0.3, 0.4) is 0 Å². The first-order chi connectivity index (χ1) is 14.5. The van der Waals surface area contributed by atoms with Gasteiger partial charge in [0.25, 0.3) is 5.91 Å². The molecule has 168 valence electrons. The van der Waals surface area contributed by atoms with Crippen LogP contribution in [0.1, 0.15) is 42.3 Å². The average molecular weight is 478 g/mol. The van der Waals surface area contributed by atoms with E-state index in [-0.39, 0.29) is 18.3 Å². The lowest BCUT2D eigenvalue weighted by molar-refractivity contribution is 0.0981. The van der Waals surface area contributed by atoms with Crippen molar-refractivity contribution in [2.75, 3.05) is 36.8 Å². The van der Waals surface area contributed by atoms with Crippen molar-refractivity contribution in [3.05, 3.63) is 53.1 Å². The third-order valence-electron chi connectivity index (χ3n) is 5.25. The van der Waals surface area contributed by atoms with E-state index in [1.54, 1.807) is 23.1 Å². The van der Waals surface area contributed by atoms with Gasteiger partial charge in [0.1, 0.15) is 0 Å². The largest absolute Gasteiger partial charge is 0.302 e. The second-order valence-electron chi connectivity index (χ2n) is 7.34. The highest BCUT2D eigenvalue weighted by Crippen LogP contribution is 2.33. The van der Waals surface area contributed by atoms with Crippen LogP contribution in [0.25, 0.3) is 10.2 Å². The second kappa shape index (κ2) is 11.9. The van der Waals surface area contributed by atoms with Crippen molar-refractivity contribution in [3.63, 3.8) is 0 Å². The quantitative estimate of drug-likeness (QED) is 0.332. The summed E-state index contributed by atoms with van der Waals surface area (Å²) >= 11 is 3.32. The fraction of sp³-hybridized carbons (Fsp3) is 0.417. The standard InChI is InChI=1S/C24H31N3OS2.ClH/c1-6-26(7-2)13-14-27(23(28)19-11-9-10-12-20(19)29-8-3)24-25-22-18(5)15-17(4)16-21(22)30-24;/h9-12,15-16H,6-8,13-14H2,1-5H3;1H. The van der Waals surface area contributed by atoms with Gasteiger partial charge in [-0.25, -0.2) is 4.98 Å². The van der Waals surface area contributed by atoms with Crippen LogP contribution >= 0.6 is 35.5 Å². The maximum Gasteiger partial charge on any atom is 0.261 e. The zero-order valence-corrected chi connectivity index (χ0v) is 21.4. The van der Waals surface area contributed by atoms with Crippen LogP contribution < -0.4 is 4.90 Å². The molecule has 0 bridgehead atoms. The Morgan fingerprint density at radius 3 is 2.45 bits per heavy atom. The van der Waals surface area contributed by atoms with Gasteiger partial charge in [-0.2, -0.15) is 0 Å². The fourth-order valence-corrected chi connectivity index (χ4v) is 5.57. The van der Waals surface area contributed by atoms with Gasteiger partial charge in [0.05, 0.1) is 15.8 Å². The number of nitrogens with zero attached hydrogens (tertiary/aromatic N) is 3. The number of aromatic nitrogens is 1. The Morgan fingerprint density at radius 2 is 1.77 bits per heavy atom. The van der Waals surface area contributed by atoms with E-state index in [0.717, 1.165) is 56.8 Å². The van der Waals surface area contributed by atoms with E-state index in [1.807, 2.05) is 29.2 Å². The van der Waals surface area contributed by atoms with Gasteiger partial charge in [0.15, 0.2) is 5.13 Å². The molecular weight excluding hydrogens is 446 g/mol. The molecule has 7 heteroatoms. The Labute approximate surface area is 200 Å². The van der Waals surface area contributed by atoms with Gasteiger partial charge in [-0.05, 0) is 62.0 Å². The van der Waals surface area contributed by atoms with Gasteiger partial charge in [-0.15, -0.1) is 24.2 Å². The van der Waals surface area contributed by atoms with Crippen LogP contribution in [0.2, 0.25) is 0 Å². The number of thiazole rings is 1. The van der Waals surface area contributed by atoms with E-state index in [1.165, 1.54) is 5.56 Å². The van der Waals surface area contributed by atoms with Gasteiger partial charge in [-0.3, -0.25) is 9.69 Å². The van der Waals surface area contributed by atoms with Crippen LogP contribution in [-0.4, -0.2) is 47.7 Å². The molecule has 0 aliphatic carbocycles. The fourth-order valence-electron chi connectivity index (χ4n) is 3.61. The third kappa shape index (κ3) is 6.01. The number of rotatable bonds is 9. The predicted molar refractivity (Wildman–Crippen MR) is 139 cm³/mol. The lowest BCUT2D eigenvalue weighted by Crippen LogP contribution is -2.39. The molecule has 0 unspecified atom stereocenters. The Hall–Kier alpha value is -1.60. The zero-order valence-electron chi connectivity index (χ0n) is 19.0. The SMILES string of the molecule is CCSc1ccccc1C(=O)N(CCN(CC)CC)c1nc2c(C)cc(C)cc2s1.Cl. The molecular formula is C24H32ClN3OS2. The smallest absolute Gasteiger partial charge is 0.261 e. The molecule has 1 aromatic heterocycles. The summed E-state index contributed by atoms with van der Waals surface area (Å²) in [5.41, 5.74) is 4.14. The number of thioether (sulfide) groups is 1. The molecule has 0 fully saturated rings. The number of hydrogen-bond acceptors (Lipinski definition) is 5. The monoisotopic (exact) mass is 477 g/mol. The summed E-state index contributed by atoms with van der Waals surface area (Å²) in [6.07, 6.45) is 0. The summed E-state index contributed by atoms with van der Waals surface area (Å²) in [5.74, 6) is 0.968. The van der Waals surface area contributed by atoms with E-state index >= 15 is 0 Å². The van der Waals surface area contributed by atoms with Gasteiger partial charge < -0.3 is 4.90 Å². The minimum atomic E-state index is 0. The van der Waals surface area contributed by atoms with Crippen LogP contribution in [0, 0.1) is 13.8 Å². The maximum absolute atomic E-state index is 13.7. The lowest BCUT2D eigenvalue weighted by atomic mass is 10.1. The zero-order chi connectivity index (χ0) is 21.7. The highest BCUT2D eigenvalue weighted by molar-refractivity contribution is 7.99. The number of likely N-dealkylation sites (N-methyl/N-ethyl adjacent to an activating group) is 1. The van der Waals surface area contributed by atoms with Crippen LogP contribution in [0.4, 0.5) is 5.13 Å². The number of anilines is 1. The van der Waals surface area contributed by atoms with E-state index in [0.29, 0.717) is 6.54 Å². The number of hydrogen-bond donors (Lipinski definition) is 0. The highest BCUT2D eigenvalue weighted by atomic mass is 35.5. The molecule has 0 N–H and O–H groups in total. The number of carbonyl (C=O) groups is 1. The molecule has 0 spiro atoms. The molecule has 0 aliphatic rings. The molecule has 3 rings (SSSR count).